The Morgan fingerprint density at radius 1 is 1.27 bits per heavy atom. The predicted molar refractivity (Wildman–Crippen MR) is 136 cm³/mol. The van der Waals surface area contributed by atoms with Crippen molar-refractivity contribution in [2.24, 2.45) is 5.16 Å². The van der Waals surface area contributed by atoms with E-state index in [-0.39, 0.29) is 43.2 Å². The fourth-order valence-electron chi connectivity index (χ4n) is 5.39. The van der Waals surface area contributed by atoms with Crippen LogP contribution in [0, 0.1) is 11.6 Å². The average molecular weight is 559 g/mol. The number of aromatic nitrogens is 1. The highest BCUT2D eigenvalue weighted by Crippen LogP contribution is 2.46. The molecule has 0 aliphatic carbocycles. The number of halogens is 2. The molecule has 212 valence electrons. The second kappa shape index (κ2) is 10.4. The van der Waals surface area contributed by atoms with Crippen LogP contribution in [0.1, 0.15) is 72.0 Å². The summed E-state index contributed by atoms with van der Waals surface area (Å²) in [6, 6.07) is 2.05. The molecule has 13 heteroatoms. The summed E-state index contributed by atoms with van der Waals surface area (Å²) in [4.78, 5) is 60.5. The standard InChI is InChI=1S/C27H28F2N4O7/c1-4-21(34)39-24-22-26(37)32-13-19(27(8-7-14(32)2)10-20(38-3)31-40-27)33(22)12-17(23(24)35)25(36)30-11-15-5-6-16(28)9-18(15)29/h5-6,9,12,14,19H,4,7-8,10-11,13H2,1-3H3,(H,30,36)/t14-,19+,27-/m0/s1. The molecule has 3 aliphatic rings. The van der Waals surface area contributed by atoms with E-state index < -0.39 is 57.8 Å². The first-order valence-corrected chi connectivity index (χ1v) is 12.9. The summed E-state index contributed by atoms with van der Waals surface area (Å²) in [5.41, 5.74) is -2.54. The van der Waals surface area contributed by atoms with Crippen molar-refractivity contribution in [3.05, 3.63) is 63.1 Å². The van der Waals surface area contributed by atoms with Crippen LogP contribution in [0.5, 0.6) is 5.75 Å². The highest BCUT2D eigenvalue weighted by molar-refractivity contribution is 6.00. The molecule has 40 heavy (non-hydrogen) atoms. The highest BCUT2D eigenvalue weighted by Gasteiger charge is 2.55. The number of methoxy groups -OCH3 is 1. The second-order valence-corrected chi connectivity index (χ2v) is 10.1. The van der Waals surface area contributed by atoms with Gasteiger partial charge in [-0.15, -0.1) is 0 Å². The Morgan fingerprint density at radius 3 is 2.73 bits per heavy atom. The van der Waals surface area contributed by atoms with Gasteiger partial charge in [0.25, 0.3) is 11.8 Å². The monoisotopic (exact) mass is 558 g/mol. The minimum Gasteiger partial charge on any atom is -0.482 e. The molecule has 5 rings (SSSR count). The first kappa shape index (κ1) is 27.3. The number of oxime groups is 1. The van der Waals surface area contributed by atoms with E-state index in [1.807, 2.05) is 6.92 Å². The van der Waals surface area contributed by atoms with Gasteiger partial charge in [-0.05, 0) is 25.8 Å². The Labute approximate surface area is 227 Å². The van der Waals surface area contributed by atoms with Gasteiger partial charge >= 0.3 is 5.97 Å². The van der Waals surface area contributed by atoms with Crippen molar-refractivity contribution < 1.29 is 37.5 Å². The fraction of sp³-hybridized carbons (Fsp3) is 0.444. The van der Waals surface area contributed by atoms with Crippen LogP contribution in [0.3, 0.4) is 0 Å². The number of nitrogens with one attached hydrogen (secondary N) is 1. The summed E-state index contributed by atoms with van der Waals surface area (Å²) >= 11 is 0. The summed E-state index contributed by atoms with van der Waals surface area (Å²) in [5.74, 6) is -4.05. The first-order chi connectivity index (χ1) is 19.1. The van der Waals surface area contributed by atoms with Gasteiger partial charge < -0.3 is 29.1 Å². The predicted octanol–water partition coefficient (Wildman–Crippen LogP) is 2.67. The summed E-state index contributed by atoms with van der Waals surface area (Å²) in [6.07, 6.45) is 2.48. The molecule has 1 saturated heterocycles. The highest BCUT2D eigenvalue weighted by atomic mass is 19.1. The van der Waals surface area contributed by atoms with Gasteiger partial charge in [-0.3, -0.25) is 19.2 Å². The molecular weight excluding hydrogens is 530 g/mol. The maximum Gasteiger partial charge on any atom is 0.311 e. The van der Waals surface area contributed by atoms with Crippen LogP contribution in [0.15, 0.2) is 34.3 Å². The minimum atomic E-state index is -0.971. The number of esters is 1. The SMILES string of the molecule is CCC(=O)Oc1c2n(cc(C(=O)NCc3ccc(F)cc3F)c1=O)[C@@H]1CN(C2=O)[C@@H](C)CC[C@]12CC(OC)=NO2. The third-order valence-corrected chi connectivity index (χ3v) is 7.70. The summed E-state index contributed by atoms with van der Waals surface area (Å²) in [5, 5.41) is 6.52. The van der Waals surface area contributed by atoms with Gasteiger partial charge in [0.15, 0.2) is 11.3 Å². The van der Waals surface area contributed by atoms with Gasteiger partial charge in [-0.25, -0.2) is 8.78 Å². The molecule has 4 heterocycles. The zero-order valence-corrected chi connectivity index (χ0v) is 22.2. The Bertz CT molecular complexity index is 1490. The van der Waals surface area contributed by atoms with Gasteiger partial charge in [0, 0.05) is 43.4 Å². The van der Waals surface area contributed by atoms with Gasteiger partial charge in [-0.2, -0.15) is 0 Å². The second-order valence-electron chi connectivity index (χ2n) is 10.1. The Morgan fingerprint density at radius 2 is 2.05 bits per heavy atom. The molecule has 1 fully saturated rings. The van der Waals surface area contributed by atoms with Crippen molar-refractivity contribution in [2.45, 2.75) is 63.8 Å². The van der Waals surface area contributed by atoms with Crippen LogP contribution in [0.4, 0.5) is 8.78 Å². The summed E-state index contributed by atoms with van der Waals surface area (Å²) in [7, 11) is 1.47. The lowest BCUT2D eigenvalue weighted by Crippen LogP contribution is -2.52. The molecule has 1 N–H and O–H groups in total. The van der Waals surface area contributed by atoms with E-state index in [4.69, 9.17) is 14.3 Å². The number of carbonyl (C=O) groups is 3. The molecule has 1 spiro atoms. The van der Waals surface area contributed by atoms with Crippen LogP contribution in [0.25, 0.3) is 0 Å². The normalized spacial score (nSPS) is 23.2. The number of hydrogen-bond acceptors (Lipinski definition) is 8. The molecule has 0 unspecified atom stereocenters. The molecule has 2 aromatic rings. The molecule has 0 saturated carbocycles. The zero-order valence-electron chi connectivity index (χ0n) is 22.2. The third kappa shape index (κ3) is 4.58. The van der Waals surface area contributed by atoms with Crippen molar-refractivity contribution in [1.29, 1.82) is 0 Å². The molecule has 0 radical (unpaired) electrons. The molecular formula is C27H28F2N4O7. The number of pyridine rings is 1. The van der Waals surface area contributed by atoms with Crippen molar-refractivity contribution in [1.82, 2.24) is 14.8 Å². The fourth-order valence-corrected chi connectivity index (χ4v) is 5.39. The number of fused-ring (bicyclic) bond motifs is 5. The summed E-state index contributed by atoms with van der Waals surface area (Å²) < 4.78 is 39.6. The van der Waals surface area contributed by atoms with E-state index >= 15 is 0 Å². The van der Waals surface area contributed by atoms with Crippen molar-refractivity contribution >= 4 is 23.7 Å². The van der Waals surface area contributed by atoms with Gasteiger partial charge in [0.1, 0.15) is 17.2 Å². The van der Waals surface area contributed by atoms with Crippen LogP contribution in [-0.4, -0.2) is 58.4 Å². The lowest BCUT2D eigenvalue weighted by molar-refractivity contribution is -0.134. The zero-order chi connectivity index (χ0) is 28.8. The molecule has 3 aliphatic heterocycles. The van der Waals surface area contributed by atoms with E-state index in [0.717, 1.165) is 6.07 Å². The van der Waals surface area contributed by atoms with E-state index in [2.05, 4.69) is 10.5 Å². The van der Waals surface area contributed by atoms with Crippen LogP contribution < -0.4 is 15.5 Å². The topological polar surface area (TPSA) is 129 Å². The molecule has 2 bridgehead atoms. The van der Waals surface area contributed by atoms with Gasteiger partial charge in [0.05, 0.1) is 19.6 Å². The molecule has 3 atom stereocenters. The van der Waals surface area contributed by atoms with Crippen LogP contribution in [0.2, 0.25) is 0 Å². The van der Waals surface area contributed by atoms with Crippen molar-refractivity contribution in [2.75, 3.05) is 13.7 Å². The van der Waals surface area contributed by atoms with E-state index in [1.165, 1.54) is 30.9 Å². The van der Waals surface area contributed by atoms with Crippen LogP contribution in [-0.2, 0) is 20.9 Å². The van der Waals surface area contributed by atoms with Gasteiger partial charge in [0.2, 0.25) is 17.1 Å². The molecule has 1 aromatic carbocycles. The number of ether oxygens (including phenoxy) is 2. The average Bonchev–Trinajstić information content (AvgIpc) is 3.31. The molecule has 11 nitrogen and oxygen atoms in total. The van der Waals surface area contributed by atoms with Crippen LogP contribution >= 0.6 is 0 Å². The lowest BCUT2D eigenvalue weighted by Gasteiger charge is -2.41. The van der Waals surface area contributed by atoms with Crippen molar-refractivity contribution in [3.63, 3.8) is 0 Å². The van der Waals surface area contributed by atoms with E-state index in [0.29, 0.717) is 24.8 Å². The number of benzene rings is 1. The smallest absolute Gasteiger partial charge is 0.311 e. The summed E-state index contributed by atoms with van der Waals surface area (Å²) in [6.45, 7) is 3.24. The number of carbonyl (C=O) groups excluding carboxylic acids is 3. The van der Waals surface area contributed by atoms with Gasteiger partial charge in [-0.1, -0.05) is 18.1 Å². The van der Waals surface area contributed by atoms with E-state index in [1.54, 1.807) is 4.90 Å². The minimum absolute atomic E-state index is 0.00317. The number of hydrogen-bond donors (Lipinski definition) is 1. The van der Waals surface area contributed by atoms with Crippen molar-refractivity contribution in [3.8, 4) is 5.75 Å². The molecule has 2 amide bonds. The Balaban J connectivity index is 1.62. The maximum atomic E-state index is 14.1. The lowest BCUT2D eigenvalue weighted by atomic mass is 9.85. The Kier molecular flexibility index (Phi) is 7.06. The first-order valence-electron chi connectivity index (χ1n) is 12.9. The largest absolute Gasteiger partial charge is 0.482 e. The maximum absolute atomic E-state index is 14.1. The quantitative estimate of drug-likeness (QED) is 0.559. The Hall–Kier alpha value is -4.29. The number of nitrogens with zero attached hydrogens (tertiary/aromatic N) is 3. The number of amides is 2. The molecule has 1 aromatic heterocycles. The third-order valence-electron chi connectivity index (χ3n) is 7.70. The van der Waals surface area contributed by atoms with E-state index in [9.17, 15) is 28.0 Å². The number of rotatable bonds is 5.